The van der Waals surface area contributed by atoms with Crippen molar-refractivity contribution in [1.82, 2.24) is 0 Å². The van der Waals surface area contributed by atoms with E-state index in [-0.39, 0.29) is 0 Å². The summed E-state index contributed by atoms with van der Waals surface area (Å²) in [7, 11) is 1.87. The molecule has 0 radical (unpaired) electrons. The van der Waals surface area contributed by atoms with E-state index >= 15 is 0 Å². The summed E-state index contributed by atoms with van der Waals surface area (Å²) in [6, 6.07) is 8.52. The van der Waals surface area contributed by atoms with E-state index in [1.54, 1.807) is 0 Å². The van der Waals surface area contributed by atoms with Crippen molar-refractivity contribution in [3.05, 3.63) is 35.4 Å². The highest BCUT2D eigenvalue weighted by Crippen LogP contribution is 2.21. The number of benzene rings is 1. The molecule has 0 amide bonds. The van der Waals surface area contributed by atoms with Gasteiger partial charge >= 0.3 is 0 Å². The van der Waals surface area contributed by atoms with Gasteiger partial charge in [0.25, 0.3) is 0 Å². The summed E-state index contributed by atoms with van der Waals surface area (Å²) < 4.78 is 0. The van der Waals surface area contributed by atoms with E-state index in [1.165, 1.54) is 23.3 Å². The smallest absolute Gasteiger partial charge is 0.0423 e. The van der Waals surface area contributed by atoms with E-state index in [4.69, 9.17) is 0 Å². The lowest BCUT2D eigenvalue weighted by Crippen LogP contribution is -1.92. The van der Waals surface area contributed by atoms with Crippen LogP contribution in [-0.2, 0) is 6.42 Å². The maximum Gasteiger partial charge on any atom is 0.0423 e. The maximum absolute atomic E-state index is 4.25. The van der Waals surface area contributed by atoms with Crippen LogP contribution in [0.25, 0.3) is 0 Å². The first kappa shape index (κ1) is 6.59. The molecule has 0 aliphatic heterocycles. The average Bonchev–Trinajstić information content (AvgIpc) is 2.47. The maximum atomic E-state index is 4.25. The Morgan fingerprint density at radius 2 is 2.00 bits per heavy atom. The molecule has 0 fully saturated rings. The van der Waals surface area contributed by atoms with Gasteiger partial charge in [-0.1, -0.05) is 24.3 Å². The molecule has 0 N–H and O–H groups in total. The molecular formula is C10H11N. The topological polar surface area (TPSA) is 12.4 Å². The molecule has 1 aromatic rings. The fourth-order valence-electron chi connectivity index (χ4n) is 1.64. The second kappa shape index (κ2) is 2.50. The SMILES string of the molecule is CN=C1CCc2ccccc21. The summed E-state index contributed by atoms with van der Waals surface area (Å²) in [6.45, 7) is 0. The lowest BCUT2D eigenvalue weighted by Gasteiger charge is -1.96. The molecule has 56 valence electrons. The van der Waals surface area contributed by atoms with Gasteiger partial charge in [0, 0.05) is 12.8 Å². The Morgan fingerprint density at radius 1 is 1.18 bits per heavy atom. The second-order valence-corrected chi connectivity index (χ2v) is 2.83. The van der Waals surface area contributed by atoms with E-state index < -0.39 is 0 Å². The van der Waals surface area contributed by atoms with E-state index in [0.717, 1.165) is 6.42 Å². The largest absolute Gasteiger partial charge is 0.292 e. The van der Waals surface area contributed by atoms with Crippen LogP contribution < -0.4 is 0 Å². The van der Waals surface area contributed by atoms with Crippen molar-refractivity contribution < 1.29 is 0 Å². The van der Waals surface area contributed by atoms with Crippen molar-refractivity contribution >= 4 is 5.71 Å². The summed E-state index contributed by atoms with van der Waals surface area (Å²) in [5.74, 6) is 0. The molecule has 0 atom stereocenters. The number of nitrogens with zero attached hydrogens (tertiary/aromatic N) is 1. The number of aryl methyl sites for hydroxylation is 1. The normalized spacial score (nSPS) is 18.8. The third kappa shape index (κ3) is 0.967. The molecule has 1 nitrogen and oxygen atoms in total. The first-order chi connectivity index (χ1) is 5.42. The number of hydrogen-bond donors (Lipinski definition) is 0. The monoisotopic (exact) mass is 145 g/mol. The first-order valence-electron chi connectivity index (χ1n) is 3.96. The summed E-state index contributed by atoms with van der Waals surface area (Å²) in [5.41, 5.74) is 4.07. The molecule has 1 aromatic carbocycles. The fraction of sp³-hybridized carbons (Fsp3) is 0.300. The van der Waals surface area contributed by atoms with Gasteiger partial charge in [-0.2, -0.15) is 0 Å². The van der Waals surface area contributed by atoms with Crippen LogP contribution in [0.3, 0.4) is 0 Å². The highest BCUT2D eigenvalue weighted by Gasteiger charge is 2.14. The third-order valence-corrected chi connectivity index (χ3v) is 2.23. The van der Waals surface area contributed by atoms with Crippen LogP contribution in [0.2, 0.25) is 0 Å². The van der Waals surface area contributed by atoms with Gasteiger partial charge in [0.05, 0.1) is 0 Å². The standard InChI is InChI=1S/C10H11N/c1-11-10-7-6-8-4-2-3-5-9(8)10/h2-5H,6-7H2,1H3. The van der Waals surface area contributed by atoms with E-state index in [0.29, 0.717) is 0 Å². The summed E-state index contributed by atoms with van der Waals surface area (Å²) in [5, 5.41) is 0. The predicted octanol–water partition coefficient (Wildman–Crippen LogP) is 2.05. The number of aliphatic imine (C=N–C) groups is 1. The van der Waals surface area contributed by atoms with Crippen LogP contribution in [0.1, 0.15) is 17.5 Å². The summed E-state index contributed by atoms with van der Waals surface area (Å²) in [4.78, 5) is 4.25. The molecule has 0 unspecified atom stereocenters. The van der Waals surface area contributed by atoms with Crippen LogP contribution in [0, 0.1) is 0 Å². The molecule has 11 heavy (non-hydrogen) atoms. The van der Waals surface area contributed by atoms with Crippen molar-refractivity contribution in [1.29, 1.82) is 0 Å². The first-order valence-corrected chi connectivity index (χ1v) is 3.96. The molecule has 1 heteroatoms. The molecule has 0 bridgehead atoms. The van der Waals surface area contributed by atoms with E-state index in [2.05, 4.69) is 29.3 Å². The number of rotatable bonds is 0. The average molecular weight is 145 g/mol. The lowest BCUT2D eigenvalue weighted by atomic mass is 10.1. The van der Waals surface area contributed by atoms with Gasteiger partial charge in [-0.15, -0.1) is 0 Å². The Hall–Kier alpha value is -1.11. The Kier molecular flexibility index (Phi) is 1.50. The van der Waals surface area contributed by atoms with Crippen molar-refractivity contribution in [2.24, 2.45) is 4.99 Å². The predicted molar refractivity (Wildman–Crippen MR) is 47.2 cm³/mol. The van der Waals surface area contributed by atoms with Crippen LogP contribution in [0.5, 0.6) is 0 Å². The highest BCUT2D eigenvalue weighted by atomic mass is 14.7. The Morgan fingerprint density at radius 3 is 2.82 bits per heavy atom. The Bertz CT molecular complexity index is 299. The van der Waals surface area contributed by atoms with E-state index in [9.17, 15) is 0 Å². The zero-order chi connectivity index (χ0) is 7.68. The quantitative estimate of drug-likeness (QED) is 0.530. The highest BCUT2D eigenvalue weighted by molar-refractivity contribution is 6.04. The fourth-order valence-corrected chi connectivity index (χ4v) is 1.64. The van der Waals surface area contributed by atoms with Crippen molar-refractivity contribution in [3.8, 4) is 0 Å². The van der Waals surface area contributed by atoms with Crippen LogP contribution in [0.15, 0.2) is 29.3 Å². The van der Waals surface area contributed by atoms with Crippen molar-refractivity contribution in [3.63, 3.8) is 0 Å². The second-order valence-electron chi connectivity index (χ2n) is 2.83. The van der Waals surface area contributed by atoms with Crippen molar-refractivity contribution in [2.75, 3.05) is 7.05 Å². The molecule has 0 spiro atoms. The molecule has 0 saturated heterocycles. The number of hydrogen-bond acceptors (Lipinski definition) is 1. The minimum Gasteiger partial charge on any atom is -0.292 e. The molecule has 1 aliphatic carbocycles. The van der Waals surface area contributed by atoms with E-state index in [1.807, 2.05) is 7.05 Å². The molecule has 0 heterocycles. The molecule has 0 saturated carbocycles. The van der Waals surface area contributed by atoms with Crippen LogP contribution >= 0.6 is 0 Å². The Labute approximate surface area is 66.8 Å². The third-order valence-electron chi connectivity index (χ3n) is 2.23. The van der Waals surface area contributed by atoms with Gasteiger partial charge < -0.3 is 0 Å². The minimum absolute atomic E-state index is 1.12. The van der Waals surface area contributed by atoms with Crippen molar-refractivity contribution in [2.45, 2.75) is 12.8 Å². The summed E-state index contributed by atoms with van der Waals surface area (Å²) in [6.07, 6.45) is 2.29. The minimum atomic E-state index is 1.12. The molecule has 2 rings (SSSR count). The zero-order valence-electron chi connectivity index (χ0n) is 6.67. The van der Waals surface area contributed by atoms with Gasteiger partial charge in [0.2, 0.25) is 0 Å². The zero-order valence-corrected chi connectivity index (χ0v) is 6.67. The van der Waals surface area contributed by atoms with Crippen LogP contribution in [-0.4, -0.2) is 12.8 Å². The van der Waals surface area contributed by atoms with Gasteiger partial charge in [0.15, 0.2) is 0 Å². The van der Waals surface area contributed by atoms with Crippen LogP contribution in [0.4, 0.5) is 0 Å². The molecular weight excluding hydrogens is 134 g/mol. The molecule has 1 aliphatic rings. The van der Waals surface area contributed by atoms with Gasteiger partial charge in [-0.05, 0) is 24.0 Å². The number of fused-ring (bicyclic) bond motifs is 1. The van der Waals surface area contributed by atoms with Gasteiger partial charge in [0.1, 0.15) is 0 Å². The summed E-state index contributed by atoms with van der Waals surface area (Å²) >= 11 is 0. The molecule has 0 aromatic heterocycles. The Balaban J connectivity index is 2.55. The van der Waals surface area contributed by atoms with Gasteiger partial charge in [-0.25, -0.2) is 0 Å². The van der Waals surface area contributed by atoms with Gasteiger partial charge in [-0.3, -0.25) is 4.99 Å². The lowest BCUT2D eigenvalue weighted by molar-refractivity contribution is 1.09.